The van der Waals surface area contributed by atoms with E-state index in [0.29, 0.717) is 16.6 Å². The molecule has 24 heavy (non-hydrogen) atoms. The van der Waals surface area contributed by atoms with E-state index < -0.39 is 10.9 Å². The molecule has 1 aromatic rings. The maximum atomic E-state index is 12.0. The normalized spacial score (nSPS) is 10.4. The Morgan fingerprint density at radius 2 is 1.79 bits per heavy atom. The van der Waals surface area contributed by atoms with Crippen LogP contribution < -0.4 is 0 Å². The topological polar surface area (TPSA) is 69.4 Å². The molecule has 0 radical (unpaired) electrons. The molecule has 0 heterocycles. The van der Waals surface area contributed by atoms with Crippen LogP contribution in [0.25, 0.3) is 0 Å². The van der Waals surface area contributed by atoms with Gasteiger partial charge in [0.2, 0.25) is 0 Å². The maximum Gasteiger partial charge on any atom is 0.339 e. The van der Waals surface area contributed by atoms with Crippen molar-refractivity contribution >= 4 is 27.6 Å². The van der Waals surface area contributed by atoms with Gasteiger partial charge in [-0.05, 0) is 41.3 Å². The zero-order chi connectivity index (χ0) is 17.8. The van der Waals surface area contributed by atoms with Crippen molar-refractivity contribution in [2.45, 2.75) is 51.4 Å². The van der Waals surface area contributed by atoms with Crippen LogP contribution in [-0.4, -0.2) is 17.5 Å². The van der Waals surface area contributed by atoms with Gasteiger partial charge < -0.3 is 4.74 Å². The van der Waals surface area contributed by atoms with Crippen LogP contribution in [0.5, 0.6) is 0 Å². The first-order valence-corrected chi connectivity index (χ1v) is 9.07. The molecule has 0 saturated carbocycles. The number of ether oxygens (including phenoxy) is 1. The maximum absolute atomic E-state index is 12.0. The average Bonchev–Trinajstić information content (AvgIpc) is 2.56. The Morgan fingerprint density at radius 3 is 2.38 bits per heavy atom. The summed E-state index contributed by atoms with van der Waals surface area (Å²) in [5.74, 6) is -0.457. The minimum Gasteiger partial charge on any atom is -0.462 e. The van der Waals surface area contributed by atoms with Gasteiger partial charge >= 0.3 is 5.97 Å². The van der Waals surface area contributed by atoms with Crippen molar-refractivity contribution < 1.29 is 14.5 Å². The van der Waals surface area contributed by atoms with Crippen LogP contribution in [0.2, 0.25) is 0 Å². The molecule has 6 heteroatoms. The fraction of sp³-hybridized carbons (Fsp3) is 0.500. The first kappa shape index (κ1) is 20.4. The van der Waals surface area contributed by atoms with Gasteiger partial charge in [-0.3, -0.25) is 10.1 Å². The number of unbranched alkanes of at least 4 members (excludes halogenated alkanes) is 7. The van der Waals surface area contributed by atoms with Gasteiger partial charge in [-0.25, -0.2) is 4.79 Å². The minimum absolute atomic E-state index is 0.0634. The lowest BCUT2D eigenvalue weighted by Crippen LogP contribution is -2.07. The van der Waals surface area contributed by atoms with E-state index in [4.69, 9.17) is 4.74 Å². The second kappa shape index (κ2) is 11.8. The molecule has 0 spiro atoms. The van der Waals surface area contributed by atoms with Gasteiger partial charge in [0.05, 0.1) is 17.1 Å². The molecule has 0 aliphatic rings. The lowest BCUT2D eigenvalue weighted by molar-refractivity contribution is -0.384. The van der Waals surface area contributed by atoms with E-state index in [0.717, 1.165) is 25.7 Å². The number of non-ortho nitro benzene ring substituents is 1. The van der Waals surface area contributed by atoms with Crippen LogP contribution in [0.3, 0.4) is 0 Å². The number of allylic oxidation sites excluding steroid dienone is 1. The molecule has 1 rings (SSSR count). The van der Waals surface area contributed by atoms with Crippen molar-refractivity contribution in [2.75, 3.05) is 6.61 Å². The Balaban J connectivity index is 2.18. The highest BCUT2D eigenvalue weighted by Crippen LogP contribution is 2.23. The smallest absolute Gasteiger partial charge is 0.339 e. The molecule has 5 nitrogen and oxygen atoms in total. The Morgan fingerprint density at radius 1 is 1.17 bits per heavy atom. The van der Waals surface area contributed by atoms with Gasteiger partial charge in [0.1, 0.15) is 0 Å². The van der Waals surface area contributed by atoms with Crippen molar-refractivity contribution in [3.8, 4) is 0 Å². The van der Waals surface area contributed by atoms with Crippen LogP contribution >= 0.6 is 15.9 Å². The number of rotatable bonds is 12. The predicted octanol–water partition coefficient (Wildman–Crippen LogP) is 5.82. The standard InChI is InChI=1S/C18H24BrNO4/c1-2-3-4-5-6-7-8-9-10-13-24-18(21)16-12-11-15(20(22)23)14-17(16)19/h2,11-12,14H,1,3-10,13H2. The largest absolute Gasteiger partial charge is 0.462 e. The zero-order valence-corrected chi connectivity index (χ0v) is 15.4. The van der Waals surface area contributed by atoms with Crippen LogP contribution in [0.15, 0.2) is 35.3 Å². The fourth-order valence-electron chi connectivity index (χ4n) is 2.30. The fourth-order valence-corrected chi connectivity index (χ4v) is 2.83. The average molecular weight is 398 g/mol. The number of esters is 1. The van der Waals surface area contributed by atoms with Gasteiger partial charge in [-0.2, -0.15) is 0 Å². The second-order valence-electron chi connectivity index (χ2n) is 5.61. The number of hydrogen-bond donors (Lipinski definition) is 0. The van der Waals surface area contributed by atoms with E-state index in [1.54, 1.807) is 0 Å². The molecule has 0 unspecified atom stereocenters. The van der Waals surface area contributed by atoms with Crippen LogP contribution in [-0.2, 0) is 4.74 Å². The third kappa shape index (κ3) is 7.73. The number of benzene rings is 1. The van der Waals surface area contributed by atoms with Crippen LogP contribution in [0.1, 0.15) is 61.7 Å². The molecule has 132 valence electrons. The number of halogens is 1. The third-order valence-corrected chi connectivity index (χ3v) is 4.33. The van der Waals surface area contributed by atoms with Gasteiger partial charge in [0, 0.05) is 16.6 Å². The molecule has 0 atom stereocenters. The van der Waals surface area contributed by atoms with Crippen molar-refractivity contribution in [3.63, 3.8) is 0 Å². The first-order valence-electron chi connectivity index (χ1n) is 8.28. The molecule has 0 saturated heterocycles. The van der Waals surface area contributed by atoms with Gasteiger partial charge in [0.15, 0.2) is 0 Å². The van der Waals surface area contributed by atoms with Crippen molar-refractivity contribution in [2.24, 2.45) is 0 Å². The Labute approximate surface area is 151 Å². The van der Waals surface area contributed by atoms with E-state index in [1.807, 2.05) is 6.08 Å². The summed E-state index contributed by atoms with van der Waals surface area (Å²) >= 11 is 3.17. The van der Waals surface area contributed by atoms with E-state index in [1.165, 1.54) is 43.9 Å². The predicted molar refractivity (Wildman–Crippen MR) is 98.2 cm³/mol. The highest BCUT2D eigenvalue weighted by atomic mass is 79.9. The number of carbonyl (C=O) groups is 1. The summed E-state index contributed by atoms with van der Waals surface area (Å²) in [6.07, 6.45) is 11.0. The van der Waals surface area contributed by atoms with Gasteiger partial charge in [0.25, 0.3) is 5.69 Å². The number of nitrogens with zero attached hydrogens (tertiary/aromatic N) is 1. The Hall–Kier alpha value is -1.69. The van der Waals surface area contributed by atoms with Crippen LogP contribution in [0, 0.1) is 10.1 Å². The lowest BCUT2D eigenvalue weighted by Gasteiger charge is -2.06. The molecule has 0 N–H and O–H groups in total. The minimum atomic E-state index is -0.503. The summed E-state index contributed by atoms with van der Waals surface area (Å²) in [6, 6.07) is 4.02. The Bertz CT molecular complexity index is 560. The molecule has 0 aliphatic heterocycles. The highest BCUT2D eigenvalue weighted by molar-refractivity contribution is 9.10. The SMILES string of the molecule is C=CCCCCCCCCCOC(=O)c1ccc([N+](=O)[O-])cc1Br. The summed E-state index contributed by atoms with van der Waals surface area (Å²) < 4.78 is 5.60. The van der Waals surface area contributed by atoms with Gasteiger partial charge in [-0.1, -0.05) is 38.2 Å². The second-order valence-corrected chi connectivity index (χ2v) is 6.46. The van der Waals surface area contributed by atoms with Crippen molar-refractivity contribution in [1.29, 1.82) is 0 Å². The van der Waals surface area contributed by atoms with Gasteiger partial charge in [-0.15, -0.1) is 6.58 Å². The first-order chi connectivity index (χ1) is 11.6. The van der Waals surface area contributed by atoms with E-state index in [-0.39, 0.29) is 5.69 Å². The van der Waals surface area contributed by atoms with E-state index in [2.05, 4.69) is 22.5 Å². The van der Waals surface area contributed by atoms with E-state index >= 15 is 0 Å². The van der Waals surface area contributed by atoms with Crippen molar-refractivity contribution in [3.05, 3.63) is 51.0 Å². The van der Waals surface area contributed by atoms with E-state index in [9.17, 15) is 14.9 Å². The lowest BCUT2D eigenvalue weighted by atomic mass is 10.1. The van der Waals surface area contributed by atoms with Crippen LogP contribution in [0.4, 0.5) is 5.69 Å². The molecule has 0 bridgehead atoms. The molecular formula is C18H24BrNO4. The number of nitro groups is 1. The third-order valence-electron chi connectivity index (χ3n) is 3.67. The molecule has 0 amide bonds. The van der Waals surface area contributed by atoms with Crippen molar-refractivity contribution in [1.82, 2.24) is 0 Å². The molecule has 0 aromatic heterocycles. The monoisotopic (exact) mass is 397 g/mol. The Kier molecular flexibility index (Phi) is 10.00. The summed E-state index contributed by atoms with van der Waals surface area (Å²) in [6.45, 7) is 4.08. The molecule has 0 aliphatic carbocycles. The summed E-state index contributed by atoms with van der Waals surface area (Å²) in [7, 11) is 0. The highest BCUT2D eigenvalue weighted by Gasteiger charge is 2.15. The molecule has 1 aromatic carbocycles. The zero-order valence-electron chi connectivity index (χ0n) is 13.8. The summed E-state index contributed by atoms with van der Waals surface area (Å²) in [5.41, 5.74) is 0.245. The quantitative estimate of drug-likeness (QED) is 0.146. The molecule has 0 fully saturated rings. The molecular weight excluding hydrogens is 374 g/mol. The number of nitro benzene ring substituents is 1. The summed E-state index contributed by atoms with van der Waals surface area (Å²) in [4.78, 5) is 22.1. The number of hydrogen-bond acceptors (Lipinski definition) is 4. The number of carbonyl (C=O) groups excluding carboxylic acids is 1. The summed E-state index contributed by atoms with van der Waals surface area (Å²) in [5, 5.41) is 10.7.